The zero-order chi connectivity index (χ0) is 25.4. The SMILES string of the molecule is COC(=O)C1CCC(CNC(=O)c2cnc(N[C@@H](C)c3cc(CC=O)ccc3OC)c(Cl)c2)CC1. The minimum Gasteiger partial charge on any atom is -0.496 e. The maximum Gasteiger partial charge on any atom is 0.308 e. The van der Waals surface area contributed by atoms with E-state index in [1.165, 1.54) is 13.3 Å². The number of hydrogen-bond acceptors (Lipinski definition) is 7. The van der Waals surface area contributed by atoms with Crippen molar-refractivity contribution in [3.8, 4) is 5.75 Å². The molecule has 1 aromatic heterocycles. The van der Waals surface area contributed by atoms with Crippen LogP contribution in [0.4, 0.5) is 5.82 Å². The van der Waals surface area contributed by atoms with E-state index in [1.54, 1.807) is 13.2 Å². The second-order valence-corrected chi connectivity index (χ2v) is 9.23. The average molecular weight is 502 g/mol. The Hall–Kier alpha value is -3.13. The summed E-state index contributed by atoms with van der Waals surface area (Å²) in [6, 6.07) is 6.98. The van der Waals surface area contributed by atoms with E-state index in [-0.39, 0.29) is 23.8 Å². The number of aromatic nitrogens is 1. The number of amides is 1. The van der Waals surface area contributed by atoms with Gasteiger partial charge in [0.2, 0.25) is 0 Å². The van der Waals surface area contributed by atoms with Crippen molar-refractivity contribution in [2.24, 2.45) is 11.8 Å². The Morgan fingerprint density at radius 3 is 2.57 bits per heavy atom. The van der Waals surface area contributed by atoms with E-state index in [0.29, 0.717) is 41.0 Å². The fourth-order valence-electron chi connectivity index (χ4n) is 4.40. The molecule has 0 radical (unpaired) electrons. The van der Waals surface area contributed by atoms with Gasteiger partial charge in [-0.3, -0.25) is 9.59 Å². The van der Waals surface area contributed by atoms with Crippen molar-refractivity contribution in [2.75, 3.05) is 26.1 Å². The molecule has 0 unspecified atom stereocenters. The Balaban J connectivity index is 1.58. The van der Waals surface area contributed by atoms with Crippen LogP contribution in [-0.4, -0.2) is 43.9 Å². The number of benzene rings is 1. The summed E-state index contributed by atoms with van der Waals surface area (Å²) in [7, 11) is 3.01. The van der Waals surface area contributed by atoms with Gasteiger partial charge in [0.05, 0.1) is 36.8 Å². The topological polar surface area (TPSA) is 107 Å². The molecule has 3 rings (SSSR count). The second kappa shape index (κ2) is 12.5. The molecule has 1 aromatic carbocycles. The smallest absolute Gasteiger partial charge is 0.308 e. The molecule has 1 amide bonds. The molecule has 9 heteroatoms. The first-order chi connectivity index (χ1) is 16.9. The molecular weight excluding hydrogens is 470 g/mol. The fraction of sp³-hybridized carbons (Fsp3) is 0.462. The molecule has 35 heavy (non-hydrogen) atoms. The zero-order valence-electron chi connectivity index (χ0n) is 20.3. The van der Waals surface area contributed by atoms with E-state index in [2.05, 4.69) is 15.6 Å². The van der Waals surface area contributed by atoms with Gasteiger partial charge in [-0.2, -0.15) is 0 Å². The summed E-state index contributed by atoms with van der Waals surface area (Å²) in [4.78, 5) is 39.6. The molecule has 0 saturated heterocycles. The fourth-order valence-corrected chi connectivity index (χ4v) is 4.63. The summed E-state index contributed by atoms with van der Waals surface area (Å²) in [5, 5.41) is 6.54. The minimum atomic E-state index is -0.239. The third kappa shape index (κ3) is 6.94. The number of nitrogens with one attached hydrogen (secondary N) is 2. The summed E-state index contributed by atoms with van der Waals surface area (Å²) in [6.07, 6.45) is 5.97. The molecule has 1 heterocycles. The van der Waals surface area contributed by atoms with Crippen molar-refractivity contribution in [1.29, 1.82) is 0 Å². The first kappa shape index (κ1) is 26.5. The monoisotopic (exact) mass is 501 g/mol. The number of halogens is 1. The molecule has 2 N–H and O–H groups in total. The van der Waals surface area contributed by atoms with Crippen molar-refractivity contribution < 1.29 is 23.9 Å². The van der Waals surface area contributed by atoms with Gasteiger partial charge in [0.1, 0.15) is 17.9 Å². The summed E-state index contributed by atoms with van der Waals surface area (Å²) >= 11 is 6.44. The first-order valence-electron chi connectivity index (χ1n) is 11.7. The molecule has 0 bridgehead atoms. The van der Waals surface area contributed by atoms with Gasteiger partial charge < -0.3 is 24.9 Å². The summed E-state index contributed by atoms with van der Waals surface area (Å²) < 4.78 is 10.3. The number of aldehydes is 1. The lowest BCUT2D eigenvalue weighted by Gasteiger charge is -2.27. The van der Waals surface area contributed by atoms with Gasteiger partial charge >= 0.3 is 5.97 Å². The van der Waals surface area contributed by atoms with Crippen molar-refractivity contribution in [3.05, 3.63) is 52.2 Å². The number of hydrogen-bond donors (Lipinski definition) is 2. The predicted molar refractivity (Wildman–Crippen MR) is 134 cm³/mol. The van der Waals surface area contributed by atoms with Crippen molar-refractivity contribution in [1.82, 2.24) is 10.3 Å². The van der Waals surface area contributed by atoms with Gasteiger partial charge in [0.25, 0.3) is 5.91 Å². The Kier molecular flexibility index (Phi) is 9.48. The van der Waals surface area contributed by atoms with Crippen LogP contribution in [0.3, 0.4) is 0 Å². The lowest BCUT2D eigenvalue weighted by molar-refractivity contribution is -0.146. The average Bonchev–Trinajstić information content (AvgIpc) is 2.88. The number of methoxy groups -OCH3 is 2. The molecule has 0 spiro atoms. The van der Waals surface area contributed by atoms with Gasteiger partial charge in [-0.1, -0.05) is 17.7 Å². The maximum atomic E-state index is 12.6. The molecule has 1 saturated carbocycles. The normalized spacial score (nSPS) is 18.3. The van der Waals surface area contributed by atoms with E-state index in [0.717, 1.165) is 43.1 Å². The number of rotatable bonds is 10. The highest BCUT2D eigenvalue weighted by Gasteiger charge is 2.27. The van der Waals surface area contributed by atoms with Crippen LogP contribution in [0.25, 0.3) is 0 Å². The molecule has 8 nitrogen and oxygen atoms in total. The highest BCUT2D eigenvalue weighted by Crippen LogP contribution is 2.31. The molecule has 1 fully saturated rings. The van der Waals surface area contributed by atoms with Gasteiger partial charge in [-0.05, 0) is 62.3 Å². The Morgan fingerprint density at radius 2 is 1.94 bits per heavy atom. The summed E-state index contributed by atoms with van der Waals surface area (Å²) in [6.45, 7) is 2.48. The Bertz CT molecular complexity index is 1050. The van der Waals surface area contributed by atoms with Crippen molar-refractivity contribution >= 4 is 35.6 Å². The van der Waals surface area contributed by atoms with E-state index in [9.17, 15) is 14.4 Å². The van der Waals surface area contributed by atoms with Crippen LogP contribution >= 0.6 is 11.6 Å². The van der Waals surface area contributed by atoms with Gasteiger partial charge in [0.15, 0.2) is 0 Å². The van der Waals surface area contributed by atoms with Crippen molar-refractivity contribution in [3.63, 3.8) is 0 Å². The van der Waals surface area contributed by atoms with Crippen LogP contribution in [0.5, 0.6) is 5.75 Å². The maximum absolute atomic E-state index is 12.6. The molecule has 1 aliphatic rings. The number of carbonyl (C=O) groups excluding carboxylic acids is 3. The van der Waals surface area contributed by atoms with E-state index in [1.807, 2.05) is 25.1 Å². The van der Waals surface area contributed by atoms with E-state index >= 15 is 0 Å². The summed E-state index contributed by atoms with van der Waals surface area (Å²) in [5.41, 5.74) is 2.13. The molecule has 1 aliphatic carbocycles. The number of esters is 1. The number of nitrogens with zero attached hydrogens (tertiary/aromatic N) is 1. The highest BCUT2D eigenvalue weighted by atomic mass is 35.5. The van der Waals surface area contributed by atoms with E-state index < -0.39 is 0 Å². The largest absolute Gasteiger partial charge is 0.496 e. The standard InChI is InChI=1S/C26H32ClN3O5/c1-16(21-12-17(10-11-31)6-9-23(21)34-2)30-24-22(27)13-20(15-28-24)25(32)29-14-18-4-7-19(8-5-18)26(33)35-3/h6,9,11-13,15-16,18-19H,4-5,7-8,10,14H2,1-3H3,(H,28,30)(H,29,32)/t16-,18?,19?/m0/s1. The number of ether oxygens (including phenoxy) is 2. The number of pyridine rings is 1. The zero-order valence-corrected chi connectivity index (χ0v) is 21.1. The van der Waals surface area contributed by atoms with E-state index in [4.69, 9.17) is 21.1 Å². The number of anilines is 1. The van der Waals surface area contributed by atoms with Crippen molar-refractivity contribution in [2.45, 2.75) is 45.1 Å². The second-order valence-electron chi connectivity index (χ2n) is 8.82. The third-order valence-corrected chi connectivity index (χ3v) is 6.76. The molecular formula is C26H32ClN3O5. The van der Waals surface area contributed by atoms with Crippen LogP contribution in [0.2, 0.25) is 5.02 Å². The molecule has 188 valence electrons. The van der Waals surface area contributed by atoms with Gasteiger partial charge in [-0.15, -0.1) is 0 Å². The first-order valence-corrected chi connectivity index (χ1v) is 12.1. The molecule has 1 atom stereocenters. The predicted octanol–water partition coefficient (Wildman–Crippen LogP) is 4.37. The number of carbonyl (C=O) groups is 3. The quantitative estimate of drug-likeness (QED) is 0.368. The lowest BCUT2D eigenvalue weighted by Crippen LogP contribution is -2.32. The minimum absolute atomic E-state index is 0.0372. The Labute approximate surface area is 210 Å². The molecule has 0 aliphatic heterocycles. The lowest BCUT2D eigenvalue weighted by atomic mass is 9.82. The third-order valence-electron chi connectivity index (χ3n) is 6.47. The Morgan fingerprint density at radius 1 is 1.20 bits per heavy atom. The van der Waals surface area contributed by atoms with Gasteiger partial charge in [-0.25, -0.2) is 4.98 Å². The van der Waals surface area contributed by atoms with Crippen LogP contribution in [0.1, 0.15) is 60.1 Å². The van der Waals surface area contributed by atoms with Gasteiger partial charge in [0, 0.05) is 24.7 Å². The van der Waals surface area contributed by atoms with Crippen LogP contribution in [0.15, 0.2) is 30.5 Å². The van der Waals surface area contributed by atoms with Crippen LogP contribution in [0, 0.1) is 11.8 Å². The summed E-state index contributed by atoms with van der Waals surface area (Å²) in [5.74, 6) is 1.03. The highest BCUT2D eigenvalue weighted by molar-refractivity contribution is 6.33. The van der Waals surface area contributed by atoms with Crippen LogP contribution < -0.4 is 15.4 Å². The van der Waals surface area contributed by atoms with Crippen LogP contribution in [-0.2, 0) is 20.7 Å². The molecule has 2 aromatic rings.